The predicted molar refractivity (Wildman–Crippen MR) is 66.2 cm³/mol. The van der Waals surface area contributed by atoms with Crippen molar-refractivity contribution in [3.8, 4) is 0 Å². The van der Waals surface area contributed by atoms with Crippen LogP contribution in [-0.2, 0) is 14.3 Å². The second kappa shape index (κ2) is 7.05. The highest BCUT2D eigenvalue weighted by Crippen LogP contribution is 1.95. The molecule has 0 radical (unpaired) electrons. The number of methoxy groups -OCH3 is 1. The van der Waals surface area contributed by atoms with E-state index in [9.17, 15) is 14.4 Å². The average molecular weight is 250 g/mol. The van der Waals surface area contributed by atoms with E-state index in [0.717, 1.165) is 0 Å². The molecule has 0 fully saturated rings. The smallest absolute Gasteiger partial charge is 0.325 e. The predicted octanol–water partition coefficient (Wildman–Crippen LogP) is -0.252. The van der Waals surface area contributed by atoms with Gasteiger partial charge >= 0.3 is 5.97 Å². The van der Waals surface area contributed by atoms with Gasteiger partial charge in [-0.1, -0.05) is 18.2 Å². The Labute approximate surface area is 104 Å². The molecular weight excluding hydrogens is 236 g/mol. The Balaban J connectivity index is 2.46. The lowest BCUT2D eigenvalue weighted by molar-refractivity contribution is -0.140. The molecule has 0 aliphatic carbocycles. The van der Waals surface area contributed by atoms with Crippen molar-refractivity contribution >= 4 is 17.6 Å². The Bertz CT molecular complexity index is 488. The van der Waals surface area contributed by atoms with Crippen molar-refractivity contribution < 1.29 is 14.3 Å². The molecule has 1 aromatic carbocycles. The zero-order valence-corrected chi connectivity index (χ0v) is 9.93. The highest BCUT2D eigenvalue weighted by molar-refractivity contribution is 5.84. The van der Waals surface area contributed by atoms with Gasteiger partial charge in [0, 0.05) is 0 Å². The van der Waals surface area contributed by atoms with E-state index in [4.69, 9.17) is 0 Å². The number of carbonyl (C=O) groups is 2. The van der Waals surface area contributed by atoms with Crippen LogP contribution in [0, 0.1) is 0 Å². The number of rotatable bonds is 5. The molecule has 0 aliphatic heterocycles. The highest BCUT2D eigenvalue weighted by Gasteiger charge is 2.05. The van der Waals surface area contributed by atoms with E-state index in [1.807, 2.05) is 0 Å². The highest BCUT2D eigenvalue weighted by atomic mass is 16.5. The minimum atomic E-state index is -0.529. The van der Waals surface area contributed by atoms with Crippen molar-refractivity contribution in [3.05, 3.63) is 40.6 Å². The number of ether oxygens (including phenoxy) is 1. The zero-order valence-electron chi connectivity index (χ0n) is 9.93. The second-order valence-electron chi connectivity index (χ2n) is 3.40. The molecule has 0 atom stereocenters. The van der Waals surface area contributed by atoms with Crippen LogP contribution in [0.3, 0.4) is 0 Å². The third-order valence-electron chi connectivity index (χ3n) is 2.10. The van der Waals surface area contributed by atoms with E-state index in [-0.39, 0.29) is 18.5 Å². The first kappa shape index (κ1) is 13.7. The van der Waals surface area contributed by atoms with Crippen molar-refractivity contribution in [3.63, 3.8) is 0 Å². The molecule has 96 valence electrons. The average Bonchev–Trinajstić information content (AvgIpc) is 2.58. The molecule has 0 spiro atoms. The lowest BCUT2D eigenvalue weighted by Gasteiger charge is -2.05. The Morgan fingerprint density at radius 2 is 1.89 bits per heavy atom. The van der Waals surface area contributed by atoms with Crippen LogP contribution in [0.15, 0.2) is 35.1 Å². The van der Waals surface area contributed by atoms with Crippen LogP contribution in [0.25, 0.3) is 0 Å². The Hall–Kier alpha value is -2.37. The van der Waals surface area contributed by atoms with Gasteiger partial charge in [0.1, 0.15) is 6.54 Å². The summed E-state index contributed by atoms with van der Waals surface area (Å²) in [5.74, 6) is -0.926. The van der Waals surface area contributed by atoms with Crippen LogP contribution in [0.4, 0.5) is 5.69 Å². The maximum absolute atomic E-state index is 11.5. The molecule has 0 saturated carbocycles. The van der Waals surface area contributed by atoms with Crippen LogP contribution in [0.1, 0.15) is 0 Å². The number of carbonyl (C=O) groups excluding carboxylic acids is 2. The summed E-state index contributed by atoms with van der Waals surface area (Å²) in [5.41, 5.74) is 0.119. The maximum Gasteiger partial charge on any atom is 0.325 e. The number of hydrogen-bond acceptors (Lipinski definition) is 5. The molecule has 6 heteroatoms. The van der Waals surface area contributed by atoms with Crippen LogP contribution in [0.2, 0.25) is 0 Å². The fourth-order valence-electron chi connectivity index (χ4n) is 1.16. The molecule has 0 bridgehead atoms. The maximum atomic E-state index is 11.5. The van der Waals surface area contributed by atoms with Crippen molar-refractivity contribution in [1.82, 2.24) is 5.32 Å². The van der Waals surface area contributed by atoms with Crippen LogP contribution in [0.5, 0.6) is 0 Å². The number of anilines is 1. The monoisotopic (exact) mass is 250 g/mol. The van der Waals surface area contributed by atoms with Gasteiger partial charge in [-0.2, -0.15) is 0 Å². The van der Waals surface area contributed by atoms with Crippen molar-refractivity contribution in [2.75, 3.05) is 25.5 Å². The molecule has 1 amide bonds. The van der Waals surface area contributed by atoms with E-state index < -0.39 is 11.9 Å². The summed E-state index contributed by atoms with van der Waals surface area (Å²) in [7, 11) is 1.24. The van der Waals surface area contributed by atoms with Crippen molar-refractivity contribution in [2.24, 2.45) is 0 Å². The lowest BCUT2D eigenvalue weighted by atomic mass is 10.4. The van der Waals surface area contributed by atoms with E-state index in [0.29, 0.717) is 5.69 Å². The van der Waals surface area contributed by atoms with E-state index >= 15 is 0 Å². The van der Waals surface area contributed by atoms with Gasteiger partial charge in [-0.25, -0.2) is 0 Å². The summed E-state index contributed by atoms with van der Waals surface area (Å²) in [4.78, 5) is 33.6. The molecule has 0 heterocycles. The first-order chi connectivity index (χ1) is 8.63. The lowest BCUT2D eigenvalue weighted by Crippen LogP contribution is -2.34. The summed E-state index contributed by atoms with van der Waals surface area (Å²) in [6.07, 6.45) is 0. The number of amides is 1. The molecule has 0 saturated heterocycles. The Morgan fingerprint density at radius 1 is 1.17 bits per heavy atom. The molecule has 2 N–H and O–H groups in total. The van der Waals surface area contributed by atoms with Gasteiger partial charge in [0.2, 0.25) is 11.3 Å². The summed E-state index contributed by atoms with van der Waals surface area (Å²) < 4.78 is 4.37. The summed E-state index contributed by atoms with van der Waals surface area (Å²) in [6.45, 7) is -0.278. The van der Waals surface area contributed by atoms with E-state index in [2.05, 4.69) is 15.4 Å². The van der Waals surface area contributed by atoms with Crippen molar-refractivity contribution in [1.29, 1.82) is 0 Å². The Morgan fingerprint density at radius 3 is 2.61 bits per heavy atom. The number of nitrogens with one attached hydrogen (secondary N) is 2. The quantitative estimate of drug-likeness (QED) is 0.704. The van der Waals surface area contributed by atoms with Gasteiger partial charge < -0.3 is 15.4 Å². The first-order valence-electron chi connectivity index (χ1n) is 5.30. The van der Waals surface area contributed by atoms with Gasteiger partial charge in [-0.05, 0) is 12.1 Å². The topological polar surface area (TPSA) is 84.5 Å². The molecule has 18 heavy (non-hydrogen) atoms. The summed E-state index contributed by atoms with van der Waals surface area (Å²) in [6, 6.07) is 8.00. The van der Waals surface area contributed by atoms with Crippen LogP contribution < -0.4 is 16.1 Å². The fourth-order valence-corrected chi connectivity index (χ4v) is 1.16. The van der Waals surface area contributed by atoms with Crippen molar-refractivity contribution in [2.45, 2.75) is 0 Å². The molecule has 1 aromatic rings. The number of hydrogen-bond donors (Lipinski definition) is 2. The zero-order chi connectivity index (χ0) is 13.4. The summed E-state index contributed by atoms with van der Waals surface area (Å²) in [5, 5.41) is 5.05. The van der Waals surface area contributed by atoms with E-state index in [1.165, 1.54) is 13.2 Å². The minimum absolute atomic E-state index is 0.0871. The SMILES string of the molecule is COC(=O)CNC(=O)CNc1cccccc1=O. The molecule has 0 unspecified atom stereocenters. The molecule has 0 aromatic heterocycles. The van der Waals surface area contributed by atoms with Gasteiger partial charge in [0.25, 0.3) is 0 Å². The van der Waals surface area contributed by atoms with E-state index in [1.54, 1.807) is 24.3 Å². The fraction of sp³-hybridized carbons (Fsp3) is 0.250. The second-order valence-corrected chi connectivity index (χ2v) is 3.40. The molecule has 0 aliphatic rings. The van der Waals surface area contributed by atoms with Gasteiger partial charge in [-0.15, -0.1) is 0 Å². The minimum Gasteiger partial charge on any atom is -0.468 e. The first-order valence-corrected chi connectivity index (χ1v) is 5.30. The number of esters is 1. The van der Waals surface area contributed by atoms with Crippen LogP contribution >= 0.6 is 0 Å². The molecule has 1 rings (SSSR count). The van der Waals surface area contributed by atoms with Crippen LogP contribution in [-0.4, -0.2) is 32.1 Å². The van der Waals surface area contributed by atoms with Gasteiger partial charge in [0.15, 0.2) is 0 Å². The largest absolute Gasteiger partial charge is 0.468 e. The van der Waals surface area contributed by atoms with Gasteiger partial charge in [-0.3, -0.25) is 14.4 Å². The van der Waals surface area contributed by atoms with Gasteiger partial charge in [0.05, 0.1) is 19.3 Å². The third kappa shape index (κ3) is 4.65. The normalized spacial score (nSPS) is 9.39. The molecule has 6 nitrogen and oxygen atoms in total. The summed E-state index contributed by atoms with van der Waals surface area (Å²) >= 11 is 0. The Kier molecular flexibility index (Phi) is 5.37. The molecular formula is C12H14N2O4. The third-order valence-corrected chi connectivity index (χ3v) is 2.10. The standard InChI is InChI=1S/C12H14N2O4/c1-18-12(17)8-14-11(16)7-13-9-5-3-2-4-6-10(9)15/h2-6H,7-8H2,1H3,(H,13,15)(H,14,16).